The van der Waals surface area contributed by atoms with E-state index in [-0.39, 0.29) is 4.90 Å². The van der Waals surface area contributed by atoms with Gasteiger partial charge in [-0.2, -0.15) is 0 Å². The van der Waals surface area contributed by atoms with E-state index in [1.54, 1.807) is 43.6 Å². The molecule has 1 aliphatic rings. The summed E-state index contributed by atoms with van der Waals surface area (Å²) in [5.74, 6) is 0.676. The summed E-state index contributed by atoms with van der Waals surface area (Å²) < 4.78 is 33.0. The van der Waals surface area contributed by atoms with Gasteiger partial charge in [-0.1, -0.05) is 18.2 Å². The van der Waals surface area contributed by atoms with E-state index in [0.29, 0.717) is 11.3 Å². The van der Waals surface area contributed by atoms with Gasteiger partial charge in [0, 0.05) is 24.2 Å². The fourth-order valence-electron chi connectivity index (χ4n) is 3.61. The summed E-state index contributed by atoms with van der Waals surface area (Å²) >= 11 is 0. The van der Waals surface area contributed by atoms with Crippen LogP contribution in [0.1, 0.15) is 18.4 Å². The minimum atomic E-state index is -3.64. The highest BCUT2D eigenvalue weighted by Crippen LogP contribution is 2.30. The van der Waals surface area contributed by atoms with Crippen LogP contribution in [0.2, 0.25) is 0 Å². The number of methoxy groups -OCH3 is 1. The average molecular weight is 370 g/mol. The quantitative estimate of drug-likeness (QED) is 0.690. The van der Waals surface area contributed by atoms with Crippen molar-refractivity contribution in [3.8, 4) is 5.75 Å². The Labute approximate surface area is 153 Å². The molecule has 0 bridgehead atoms. The molecule has 2 aromatic carbocycles. The predicted molar refractivity (Wildman–Crippen MR) is 102 cm³/mol. The first-order chi connectivity index (χ1) is 12.6. The van der Waals surface area contributed by atoms with Crippen LogP contribution in [0, 0.1) is 0 Å². The minimum Gasteiger partial charge on any atom is -0.497 e. The molecule has 3 aromatic rings. The van der Waals surface area contributed by atoms with Crippen LogP contribution in [0.5, 0.6) is 5.75 Å². The van der Waals surface area contributed by atoms with Gasteiger partial charge in [-0.15, -0.1) is 0 Å². The molecule has 0 amide bonds. The molecular weight excluding hydrogens is 348 g/mol. The second-order valence-corrected chi connectivity index (χ2v) is 8.45. The SMILES string of the molecule is COc1cc(CN2CCCC2)c2ccn(S(=O)(=O)c3ccccc3)c2c1. The molecule has 4 rings (SSSR count). The van der Waals surface area contributed by atoms with Crippen molar-refractivity contribution < 1.29 is 13.2 Å². The van der Waals surface area contributed by atoms with Gasteiger partial charge in [0.1, 0.15) is 5.75 Å². The Balaban J connectivity index is 1.84. The van der Waals surface area contributed by atoms with E-state index in [2.05, 4.69) is 4.90 Å². The molecule has 0 unspecified atom stereocenters. The highest BCUT2D eigenvalue weighted by molar-refractivity contribution is 7.90. The lowest BCUT2D eigenvalue weighted by atomic mass is 10.1. The molecule has 1 aromatic heterocycles. The summed E-state index contributed by atoms with van der Waals surface area (Å²) in [5.41, 5.74) is 1.76. The van der Waals surface area contributed by atoms with Gasteiger partial charge in [0.25, 0.3) is 10.0 Å². The van der Waals surface area contributed by atoms with E-state index in [9.17, 15) is 8.42 Å². The molecule has 0 atom stereocenters. The van der Waals surface area contributed by atoms with Crippen molar-refractivity contribution in [2.24, 2.45) is 0 Å². The Bertz CT molecular complexity index is 1020. The smallest absolute Gasteiger partial charge is 0.268 e. The van der Waals surface area contributed by atoms with E-state index >= 15 is 0 Å². The van der Waals surface area contributed by atoms with Gasteiger partial charge in [-0.05, 0) is 55.8 Å². The fraction of sp³-hybridized carbons (Fsp3) is 0.300. The van der Waals surface area contributed by atoms with Crippen molar-refractivity contribution in [3.63, 3.8) is 0 Å². The minimum absolute atomic E-state index is 0.279. The molecule has 0 spiro atoms. The van der Waals surface area contributed by atoms with Gasteiger partial charge >= 0.3 is 0 Å². The fourth-order valence-corrected chi connectivity index (χ4v) is 4.97. The van der Waals surface area contributed by atoms with Gasteiger partial charge < -0.3 is 4.74 Å². The lowest BCUT2D eigenvalue weighted by Gasteiger charge is -2.16. The van der Waals surface area contributed by atoms with Crippen LogP contribution in [0.3, 0.4) is 0 Å². The highest BCUT2D eigenvalue weighted by atomic mass is 32.2. The van der Waals surface area contributed by atoms with Crippen molar-refractivity contribution in [2.45, 2.75) is 24.3 Å². The Morgan fingerprint density at radius 2 is 1.77 bits per heavy atom. The zero-order valence-electron chi connectivity index (χ0n) is 14.8. The molecule has 26 heavy (non-hydrogen) atoms. The summed E-state index contributed by atoms with van der Waals surface area (Å²) in [6.07, 6.45) is 4.08. The first-order valence-electron chi connectivity index (χ1n) is 8.80. The highest BCUT2D eigenvalue weighted by Gasteiger charge is 2.21. The number of rotatable bonds is 5. The molecule has 2 heterocycles. The Morgan fingerprint density at radius 3 is 2.46 bits per heavy atom. The van der Waals surface area contributed by atoms with E-state index in [1.165, 1.54) is 16.8 Å². The van der Waals surface area contributed by atoms with Crippen LogP contribution >= 0.6 is 0 Å². The van der Waals surface area contributed by atoms with Crippen LogP contribution in [-0.2, 0) is 16.6 Å². The summed E-state index contributed by atoms with van der Waals surface area (Å²) in [4.78, 5) is 2.68. The number of benzene rings is 2. The summed E-state index contributed by atoms with van der Waals surface area (Å²) in [6, 6.07) is 14.2. The van der Waals surface area contributed by atoms with Gasteiger partial charge in [0.2, 0.25) is 0 Å². The lowest BCUT2D eigenvalue weighted by Crippen LogP contribution is -2.18. The number of hydrogen-bond donors (Lipinski definition) is 0. The number of aromatic nitrogens is 1. The van der Waals surface area contributed by atoms with Crippen LogP contribution in [-0.4, -0.2) is 37.5 Å². The van der Waals surface area contributed by atoms with Crippen molar-refractivity contribution in [3.05, 3.63) is 60.3 Å². The third-order valence-corrected chi connectivity index (χ3v) is 6.66. The zero-order chi connectivity index (χ0) is 18.1. The largest absolute Gasteiger partial charge is 0.497 e. The zero-order valence-corrected chi connectivity index (χ0v) is 15.6. The number of nitrogens with zero attached hydrogens (tertiary/aromatic N) is 2. The Kier molecular flexibility index (Phi) is 4.46. The summed E-state index contributed by atoms with van der Waals surface area (Å²) in [5, 5.41) is 0.956. The molecule has 0 aliphatic carbocycles. The molecule has 136 valence electrons. The lowest BCUT2D eigenvalue weighted by molar-refractivity contribution is 0.331. The molecule has 0 saturated carbocycles. The van der Waals surface area contributed by atoms with Crippen molar-refractivity contribution in [2.75, 3.05) is 20.2 Å². The van der Waals surface area contributed by atoms with Crippen LogP contribution in [0.25, 0.3) is 10.9 Å². The van der Waals surface area contributed by atoms with Gasteiger partial charge in [-0.25, -0.2) is 12.4 Å². The molecule has 5 nitrogen and oxygen atoms in total. The summed E-state index contributed by atoms with van der Waals surface area (Å²) in [6.45, 7) is 2.98. The molecule has 1 fully saturated rings. The van der Waals surface area contributed by atoms with E-state index in [0.717, 1.165) is 30.6 Å². The monoisotopic (exact) mass is 370 g/mol. The predicted octanol–water partition coefficient (Wildman–Crippen LogP) is 3.48. The van der Waals surface area contributed by atoms with Gasteiger partial charge in [0.05, 0.1) is 17.5 Å². The van der Waals surface area contributed by atoms with E-state index in [1.807, 2.05) is 18.2 Å². The van der Waals surface area contributed by atoms with Crippen molar-refractivity contribution >= 4 is 20.9 Å². The van der Waals surface area contributed by atoms with Crippen LogP contribution in [0.4, 0.5) is 0 Å². The first-order valence-corrected chi connectivity index (χ1v) is 10.2. The summed E-state index contributed by atoms with van der Waals surface area (Å²) in [7, 11) is -2.03. The first kappa shape index (κ1) is 17.1. The second kappa shape index (κ2) is 6.78. The Morgan fingerprint density at radius 1 is 1.04 bits per heavy atom. The van der Waals surface area contributed by atoms with Gasteiger partial charge in [0.15, 0.2) is 0 Å². The molecule has 6 heteroatoms. The maximum absolute atomic E-state index is 13.1. The Hall–Kier alpha value is -2.31. The number of fused-ring (bicyclic) bond motifs is 1. The number of ether oxygens (including phenoxy) is 1. The standard InChI is InChI=1S/C20H22N2O3S/c1-25-17-13-16(15-21-10-5-6-11-21)19-9-12-22(20(19)14-17)26(23,24)18-7-3-2-4-8-18/h2-4,7-9,12-14H,5-6,10-11,15H2,1H3. The molecular formula is C20H22N2O3S. The van der Waals surface area contributed by atoms with Crippen molar-refractivity contribution in [1.82, 2.24) is 8.87 Å². The number of hydrogen-bond acceptors (Lipinski definition) is 4. The molecule has 1 saturated heterocycles. The average Bonchev–Trinajstić information content (AvgIpc) is 3.32. The van der Waals surface area contributed by atoms with Gasteiger partial charge in [-0.3, -0.25) is 4.90 Å². The van der Waals surface area contributed by atoms with Crippen LogP contribution in [0.15, 0.2) is 59.6 Å². The second-order valence-electron chi connectivity index (χ2n) is 6.63. The topological polar surface area (TPSA) is 51.5 Å². The van der Waals surface area contributed by atoms with Crippen LogP contribution < -0.4 is 4.74 Å². The molecule has 0 radical (unpaired) electrons. The van der Waals surface area contributed by atoms with Crippen molar-refractivity contribution in [1.29, 1.82) is 0 Å². The maximum Gasteiger partial charge on any atom is 0.268 e. The maximum atomic E-state index is 13.1. The normalized spacial score (nSPS) is 15.6. The third-order valence-electron chi connectivity index (χ3n) is 4.96. The number of likely N-dealkylation sites (tertiary alicyclic amines) is 1. The molecule has 1 aliphatic heterocycles. The van der Waals surface area contributed by atoms with E-state index in [4.69, 9.17) is 4.74 Å². The molecule has 0 N–H and O–H groups in total. The third kappa shape index (κ3) is 2.99. The van der Waals surface area contributed by atoms with E-state index < -0.39 is 10.0 Å².